The molecule has 0 aliphatic rings. The van der Waals surface area contributed by atoms with Crippen molar-refractivity contribution in [1.29, 1.82) is 0 Å². The van der Waals surface area contributed by atoms with Crippen LogP contribution in [0.1, 0.15) is 17.3 Å². The van der Waals surface area contributed by atoms with E-state index >= 15 is 0 Å². The number of anilines is 2. The number of hydrogen-bond acceptors (Lipinski definition) is 6. The number of para-hydroxylation sites is 3. The van der Waals surface area contributed by atoms with Crippen molar-refractivity contribution in [1.82, 2.24) is 0 Å². The maximum Gasteiger partial charge on any atom is 0.341 e. The smallest absolute Gasteiger partial charge is 0.341 e. The molecule has 3 rings (SSSR count). The van der Waals surface area contributed by atoms with Crippen molar-refractivity contribution >= 4 is 33.3 Å². The fourth-order valence-electron chi connectivity index (χ4n) is 2.89. The highest BCUT2D eigenvalue weighted by Crippen LogP contribution is 2.25. The van der Waals surface area contributed by atoms with Crippen molar-refractivity contribution in [2.24, 2.45) is 0 Å². The van der Waals surface area contributed by atoms with Gasteiger partial charge in [-0.05, 0) is 49.4 Å². The number of esters is 1. The molecule has 0 heterocycles. The molecule has 34 heavy (non-hydrogen) atoms. The molecule has 11 heteroatoms. The number of carbonyl (C=O) groups excluding carboxylic acids is 2. The van der Waals surface area contributed by atoms with Gasteiger partial charge in [0.15, 0.2) is 6.10 Å². The summed E-state index contributed by atoms with van der Waals surface area (Å²) < 4.78 is 65.1. The van der Waals surface area contributed by atoms with E-state index < -0.39 is 44.5 Å². The van der Waals surface area contributed by atoms with Crippen LogP contribution in [0.15, 0.2) is 71.6 Å². The van der Waals surface area contributed by atoms with Crippen LogP contribution in [0, 0.1) is 11.6 Å². The Hall–Kier alpha value is -3.99. The lowest BCUT2D eigenvalue weighted by Crippen LogP contribution is -2.30. The Morgan fingerprint density at radius 1 is 0.941 bits per heavy atom. The summed E-state index contributed by atoms with van der Waals surface area (Å²) in [6.07, 6.45) is -1.26. The van der Waals surface area contributed by atoms with Gasteiger partial charge in [0.25, 0.3) is 15.9 Å². The van der Waals surface area contributed by atoms with Crippen LogP contribution in [0.2, 0.25) is 0 Å². The molecular weight excluding hydrogens is 470 g/mol. The second-order valence-electron chi connectivity index (χ2n) is 6.96. The molecule has 0 aliphatic carbocycles. The number of hydrogen-bond donors (Lipinski definition) is 2. The molecule has 0 spiro atoms. The molecule has 2 N–H and O–H groups in total. The standard InChI is InChI=1S/C23H20F2N2O6S/c1-14(22(28)26-19-9-5-6-10-20(19)32-2)33-23(29)16-7-3-4-8-18(16)27-34(30,31)21-13-15(24)11-12-17(21)25/h3-14,27H,1-2H3,(H,26,28). The third kappa shape index (κ3) is 5.67. The Morgan fingerprint density at radius 3 is 2.29 bits per heavy atom. The summed E-state index contributed by atoms with van der Waals surface area (Å²) in [5.41, 5.74) is -0.114. The van der Waals surface area contributed by atoms with Crippen LogP contribution in [-0.4, -0.2) is 33.5 Å². The van der Waals surface area contributed by atoms with Gasteiger partial charge in [-0.15, -0.1) is 0 Å². The lowest BCUT2D eigenvalue weighted by Gasteiger charge is -2.17. The van der Waals surface area contributed by atoms with Crippen LogP contribution < -0.4 is 14.8 Å². The molecule has 1 atom stereocenters. The summed E-state index contributed by atoms with van der Waals surface area (Å²) in [6.45, 7) is 1.33. The zero-order valence-corrected chi connectivity index (χ0v) is 18.9. The van der Waals surface area contributed by atoms with E-state index in [0.717, 1.165) is 6.07 Å². The van der Waals surface area contributed by atoms with Crippen LogP contribution in [0.4, 0.5) is 20.2 Å². The average Bonchev–Trinajstić information content (AvgIpc) is 2.80. The molecule has 1 amide bonds. The van der Waals surface area contributed by atoms with Crippen LogP contribution in [0.3, 0.4) is 0 Å². The van der Waals surface area contributed by atoms with Crippen LogP contribution in [0.25, 0.3) is 0 Å². The van der Waals surface area contributed by atoms with Crippen molar-refractivity contribution in [2.75, 3.05) is 17.1 Å². The van der Waals surface area contributed by atoms with Gasteiger partial charge in [0.05, 0.1) is 24.0 Å². The van der Waals surface area contributed by atoms with Crippen molar-refractivity contribution in [2.45, 2.75) is 17.9 Å². The second-order valence-corrected chi connectivity index (χ2v) is 8.61. The molecule has 3 aromatic carbocycles. The number of carbonyl (C=O) groups is 2. The molecule has 0 bridgehead atoms. The van der Waals surface area contributed by atoms with Gasteiger partial charge < -0.3 is 14.8 Å². The Kier molecular flexibility index (Phi) is 7.47. The number of benzene rings is 3. The SMILES string of the molecule is COc1ccccc1NC(=O)C(C)OC(=O)c1ccccc1NS(=O)(=O)c1cc(F)ccc1F. The molecule has 0 fully saturated rings. The molecule has 0 saturated carbocycles. The Labute approximate surface area is 194 Å². The van der Waals surface area contributed by atoms with E-state index in [0.29, 0.717) is 23.6 Å². The zero-order chi connectivity index (χ0) is 24.9. The number of methoxy groups -OCH3 is 1. The molecule has 0 aromatic heterocycles. The lowest BCUT2D eigenvalue weighted by molar-refractivity contribution is -0.123. The van der Waals surface area contributed by atoms with E-state index in [-0.39, 0.29) is 11.3 Å². The zero-order valence-electron chi connectivity index (χ0n) is 18.0. The normalized spacial score (nSPS) is 11.9. The first kappa shape index (κ1) is 24.6. The molecular formula is C23H20F2N2O6S. The van der Waals surface area contributed by atoms with Crippen LogP contribution in [-0.2, 0) is 19.6 Å². The summed E-state index contributed by atoms with van der Waals surface area (Å²) in [5.74, 6) is -3.39. The van der Waals surface area contributed by atoms with Gasteiger partial charge in [-0.2, -0.15) is 0 Å². The van der Waals surface area contributed by atoms with Gasteiger partial charge in [-0.25, -0.2) is 22.0 Å². The number of ether oxygens (including phenoxy) is 2. The van der Waals surface area contributed by atoms with Crippen molar-refractivity contribution < 1.29 is 36.3 Å². The summed E-state index contributed by atoms with van der Waals surface area (Å²) in [7, 11) is -3.15. The maximum atomic E-state index is 14.0. The van der Waals surface area contributed by atoms with Crippen molar-refractivity contribution in [3.05, 3.63) is 83.9 Å². The predicted molar refractivity (Wildman–Crippen MR) is 120 cm³/mol. The lowest BCUT2D eigenvalue weighted by atomic mass is 10.2. The predicted octanol–water partition coefficient (Wildman–Crippen LogP) is 3.96. The van der Waals surface area contributed by atoms with Gasteiger partial charge >= 0.3 is 5.97 Å². The summed E-state index contributed by atoms with van der Waals surface area (Å²) in [4.78, 5) is 24.3. The third-order valence-electron chi connectivity index (χ3n) is 4.59. The van der Waals surface area contributed by atoms with Crippen molar-refractivity contribution in [3.8, 4) is 5.75 Å². The van der Waals surface area contributed by atoms with E-state index in [1.165, 1.54) is 38.3 Å². The minimum atomic E-state index is -4.58. The monoisotopic (exact) mass is 490 g/mol. The number of halogens is 2. The van der Waals surface area contributed by atoms with Crippen LogP contribution >= 0.6 is 0 Å². The number of amides is 1. The van der Waals surface area contributed by atoms with E-state index in [1.54, 1.807) is 24.3 Å². The minimum absolute atomic E-state index is 0.236. The Balaban J connectivity index is 1.77. The van der Waals surface area contributed by atoms with Gasteiger partial charge in [-0.3, -0.25) is 9.52 Å². The maximum absolute atomic E-state index is 14.0. The first-order valence-electron chi connectivity index (χ1n) is 9.84. The minimum Gasteiger partial charge on any atom is -0.495 e. The fraction of sp³-hybridized carbons (Fsp3) is 0.130. The largest absolute Gasteiger partial charge is 0.495 e. The number of nitrogens with one attached hydrogen (secondary N) is 2. The van der Waals surface area contributed by atoms with Gasteiger partial charge in [0.2, 0.25) is 0 Å². The summed E-state index contributed by atoms with van der Waals surface area (Å²) in [6, 6.07) is 14.0. The first-order chi connectivity index (χ1) is 16.1. The first-order valence-corrected chi connectivity index (χ1v) is 11.3. The van der Waals surface area contributed by atoms with Crippen molar-refractivity contribution in [3.63, 3.8) is 0 Å². The Morgan fingerprint density at radius 2 is 1.59 bits per heavy atom. The Bertz CT molecular complexity index is 1330. The topological polar surface area (TPSA) is 111 Å². The van der Waals surface area contributed by atoms with E-state index in [4.69, 9.17) is 9.47 Å². The summed E-state index contributed by atoms with van der Waals surface area (Å²) in [5, 5.41) is 2.57. The molecule has 1 unspecified atom stereocenters. The highest BCUT2D eigenvalue weighted by molar-refractivity contribution is 7.92. The molecule has 8 nitrogen and oxygen atoms in total. The molecule has 0 aliphatic heterocycles. The second kappa shape index (κ2) is 10.3. The van der Waals surface area contributed by atoms with Gasteiger partial charge in [0.1, 0.15) is 22.3 Å². The highest BCUT2D eigenvalue weighted by atomic mass is 32.2. The number of sulfonamides is 1. The molecule has 0 radical (unpaired) electrons. The van der Waals surface area contributed by atoms with E-state index in [9.17, 15) is 26.8 Å². The van der Waals surface area contributed by atoms with Crippen LogP contribution in [0.5, 0.6) is 5.75 Å². The quantitative estimate of drug-likeness (QED) is 0.463. The van der Waals surface area contributed by atoms with E-state index in [1.807, 2.05) is 0 Å². The summed E-state index contributed by atoms with van der Waals surface area (Å²) >= 11 is 0. The van der Waals surface area contributed by atoms with E-state index in [2.05, 4.69) is 10.0 Å². The van der Waals surface area contributed by atoms with Gasteiger partial charge in [0, 0.05) is 0 Å². The molecule has 178 valence electrons. The molecule has 3 aromatic rings. The average molecular weight is 490 g/mol. The molecule has 0 saturated heterocycles. The highest BCUT2D eigenvalue weighted by Gasteiger charge is 2.25. The number of rotatable bonds is 8. The fourth-order valence-corrected chi connectivity index (χ4v) is 4.06. The van der Waals surface area contributed by atoms with Gasteiger partial charge in [-0.1, -0.05) is 24.3 Å². The third-order valence-corrected chi connectivity index (χ3v) is 5.97.